The van der Waals surface area contributed by atoms with Crippen molar-refractivity contribution in [3.8, 4) is 0 Å². The molecule has 0 radical (unpaired) electrons. The summed E-state index contributed by atoms with van der Waals surface area (Å²) in [6, 6.07) is 0. The molecule has 1 atom stereocenters. The molecule has 1 saturated heterocycles. The largest absolute Gasteiger partial charge is 0.396 e. The van der Waals surface area contributed by atoms with Gasteiger partial charge in [-0.25, -0.2) is 0 Å². The van der Waals surface area contributed by atoms with Gasteiger partial charge in [0.15, 0.2) is 0 Å². The molecule has 1 heterocycles. The summed E-state index contributed by atoms with van der Waals surface area (Å²) in [7, 11) is 2.21. The number of aliphatic hydroxyl groups is 1. The molecule has 1 rings (SSSR count). The minimum absolute atomic E-state index is 0.343. The molecular formula is C16H34N2O. The number of piperazine rings is 1. The van der Waals surface area contributed by atoms with Gasteiger partial charge in [-0.2, -0.15) is 0 Å². The lowest BCUT2D eigenvalue weighted by molar-refractivity contribution is 0.145. The van der Waals surface area contributed by atoms with Crippen molar-refractivity contribution in [1.29, 1.82) is 0 Å². The van der Waals surface area contributed by atoms with Crippen molar-refractivity contribution in [3.05, 3.63) is 0 Å². The SMILES string of the molecule is CN1CCN(CCC[C@@H](CCO)CC(C)(C)C)CC1. The van der Waals surface area contributed by atoms with Crippen molar-refractivity contribution >= 4 is 0 Å². The predicted octanol–water partition coefficient (Wildman–Crippen LogP) is 2.45. The van der Waals surface area contributed by atoms with E-state index in [1.54, 1.807) is 0 Å². The van der Waals surface area contributed by atoms with Crippen LogP contribution < -0.4 is 0 Å². The van der Waals surface area contributed by atoms with E-state index in [1.807, 2.05) is 0 Å². The molecule has 1 fully saturated rings. The molecule has 0 spiro atoms. The lowest BCUT2D eigenvalue weighted by Gasteiger charge is -2.33. The van der Waals surface area contributed by atoms with Gasteiger partial charge in [0, 0.05) is 32.8 Å². The highest BCUT2D eigenvalue weighted by atomic mass is 16.3. The molecule has 0 aliphatic carbocycles. The zero-order valence-electron chi connectivity index (χ0n) is 13.5. The normalized spacial score (nSPS) is 20.7. The van der Waals surface area contributed by atoms with Crippen molar-refractivity contribution in [3.63, 3.8) is 0 Å². The average molecular weight is 270 g/mol. The topological polar surface area (TPSA) is 26.7 Å². The summed E-state index contributed by atoms with van der Waals surface area (Å²) in [5, 5.41) is 9.19. The van der Waals surface area contributed by atoms with Gasteiger partial charge >= 0.3 is 0 Å². The first kappa shape index (κ1) is 16.9. The van der Waals surface area contributed by atoms with Gasteiger partial charge in [0.2, 0.25) is 0 Å². The third kappa shape index (κ3) is 7.91. The van der Waals surface area contributed by atoms with Crippen LogP contribution in [0.4, 0.5) is 0 Å². The van der Waals surface area contributed by atoms with Crippen molar-refractivity contribution in [2.24, 2.45) is 11.3 Å². The zero-order chi connectivity index (χ0) is 14.3. The molecule has 1 aliphatic rings. The van der Waals surface area contributed by atoms with E-state index in [2.05, 4.69) is 37.6 Å². The highest BCUT2D eigenvalue weighted by molar-refractivity contribution is 4.72. The number of likely N-dealkylation sites (N-methyl/N-ethyl adjacent to an activating group) is 1. The number of hydrogen-bond acceptors (Lipinski definition) is 3. The summed E-state index contributed by atoms with van der Waals surface area (Å²) in [4.78, 5) is 5.00. The van der Waals surface area contributed by atoms with Crippen LogP contribution in [-0.2, 0) is 0 Å². The van der Waals surface area contributed by atoms with Crippen LogP contribution in [0.3, 0.4) is 0 Å². The maximum Gasteiger partial charge on any atom is 0.0433 e. The number of hydrogen-bond donors (Lipinski definition) is 1. The maximum absolute atomic E-state index is 9.19. The summed E-state index contributed by atoms with van der Waals surface area (Å²) in [6.07, 6.45) is 4.75. The second-order valence-electron chi connectivity index (χ2n) is 7.43. The minimum atomic E-state index is 0.343. The Labute approximate surface area is 120 Å². The van der Waals surface area contributed by atoms with Gasteiger partial charge in [0.1, 0.15) is 0 Å². The van der Waals surface area contributed by atoms with Gasteiger partial charge in [-0.05, 0) is 50.6 Å². The molecular weight excluding hydrogens is 236 g/mol. The van der Waals surface area contributed by atoms with Gasteiger partial charge in [-0.1, -0.05) is 20.8 Å². The lowest BCUT2D eigenvalue weighted by atomic mass is 9.81. The molecule has 0 amide bonds. The summed E-state index contributed by atoms with van der Waals surface area (Å²) >= 11 is 0. The fraction of sp³-hybridized carbons (Fsp3) is 1.00. The van der Waals surface area contributed by atoms with Gasteiger partial charge in [-0.15, -0.1) is 0 Å². The fourth-order valence-electron chi connectivity index (χ4n) is 3.07. The average Bonchev–Trinajstić information content (AvgIpc) is 2.30. The van der Waals surface area contributed by atoms with Crippen LogP contribution in [-0.4, -0.2) is 61.3 Å². The first-order valence-corrected chi connectivity index (χ1v) is 7.92. The molecule has 0 saturated carbocycles. The van der Waals surface area contributed by atoms with Crippen LogP contribution in [0.2, 0.25) is 0 Å². The minimum Gasteiger partial charge on any atom is -0.396 e. The highest BCUT2D eigenvalue weighted by Crippen LogP contribution is 2.29. The van der Waals surface area contributed by atoms with Crippen molar-refractivity contribution in [1.82, 2.24) is 9.80 Å². The van der Waals surface area contributed by atoms with Crippen LogP contribution in [0, 0.1) is 11.3 Å². The molecule has 0 unspecified atom stereocenters. The van der Waals surface area contributed by atoms with Crippen LogP contribution in [0.5, 0.6) is 0 Å². The number of rotatable bonds is 7. The third-order valence-electron chi connectivity index (χ3n) is 4.12. The molecule has 114 valence electrons. The van der Waals surface area contributed by atoms with Gasteiger partial charge in [0.05, 0.1) is 0 Å². The highest BCUT2D eigenvalue weighted by Gasteiger charge is 2.19. The Balaban J connectivity index is 2.20. The quantitative estimate of drug-likeness (QED) is 0.770. The summed E-state index contributed by atoms with van der Waals surface area (Å²) in [6.45, 7) is 13.4. The summed E-state index contributed by atoms with van der Waals surface area (Å²) in [5.41, 5.74) is 0.383. The first-order chi connectivity index (χ1) is 8.90. The molecule has 19 heavy (non-hydrogen) atoms. The van der Waals surface area contributed by atoms with E-state index in [-0.39, 0.29) is 0 Å². The maximum atomic E-state index is 9.19. The summed E-state index contributed by atoms with van der Waals surface area (Å²) in [5.74, 6) is 0.692. The van der Waals surface area contributed by atoms with E-state index in [9.17, 15) is 5.11 Å². The van der Waals surface area contributed by atoms with Gasteiger partial charge in [-0.3, -0.25) is 0 Å². The lowest BCUT2D eigenvalue weighted by Crippen LogP contribution is -2.44. The molecule has 0 aromatic heterocycles. The number of nitrogens with zero attached hydrogens (tertiary/aromatic N) is 2. The standard InChI is InChI=1S/C16H34N2O/c1-16(2,3)14-15(7-13-19)6-5-8-18-11-9-17(4)10-12-18/h15,19H,5-14H2,1-4H3/t15-/m0/s1. The van der Waals surface area contributed by atoms with Gasteiger partial charge in [0.25, 0.3) is 0 Å². The Hall–Kier alpha value is -0.120. The fourth-order valence-corrected chi connectivity index (χ4v) is 3.07. The molecule has 1 N–H and O–H groups in total. The van der Waals surface area contributed by atoms with Crippen LogP contribution in [0.25, 0.3) is 0 Å². The molecule has 1 aliphatic heterocycles. The molecule has 0 aromatic rings. The molecule has 3 heteroatoms. The molecule has 0 aromatic carbocycles. The van der Waals surface area contributed by atoms with E-state index in [0.29, 0.717) is 17.9 Å². The summed E-state index contributed by atoms with van der Waals surface area (Å²) < 4.78 is 0. The van der Waals surface area contributed by atoms with E-state index in [4.69, 9.17) is 0 Å². The Morgan fingerprint density at radius 2 is 1.68 bits per heavy atom. The Kier molecular flexibility index (Phi) is 7.33. The first-order valence-electron chi connectivity index (χ1n) is 7.92. The van der Waals surface area contributed by atoms with Crippen molar-refractivity contribution < 1.29 is 5.11 Å². The van der Waals surface area contributed by atoms with E-state index >= 15 is 0 Å². The van der Waals surface area contributed by atoms with E-state index in [1.165, 1.54) is 52.0 Å². The van der Waals surface area contributed by atoms with Crippen molar-refractivity contribution in [2.45, 2.75) is 46.5 Å². The second kappa shape index (κ2) is 8.23. The Bertz CT molecular complexity index is 229. The Morgan fingerprint density at radius 3 is 2.21 bits per heavy atom. The zero-order valence-corrected chi connectivity index (χ0v) is 13.5. The van der Waals surface area contributed by atoms with Crippen LogP contribution in [0.15, 0.2) is 0 Å². The molecule has 0 bridgehead atoms. The smallest absolute Gasteiger partial charge is 0.0433 e. The third-order valence-corrected chi connectivity index (χ3v) is 4.12. The van der Waals surface area contributed by atoms with E-state index < -0.39 is 0 Å². The van der Waals surface area contributed by atoms with Gasteiger partial charge < -0.3 is 14.9 Å². The number of aliphatic hydroxyl groups excluding tert-OH is 1. The second-order valence-corrected chi connectivity index (χ2v) is 7.43. The van der Waals surface area contributed by atoms with Crippen molar-refractivity contribution in [2.75, 3.05) is 46.4 Å². The Morgan fingerprint density at radius 1 is 1.05 bits per heavy atom. The predicted molar refractivity (Wildman–Crippen MR) is 82.4 cm³/mol. The monoisotopic (exact) mass is 270 g/mol. The van der Waals surface area contributed by atoms with E-state index in [0.717, 1.165) is 6.42 Å². The van der Waals surface area contributed by atoms with Crippen LogP contribution in [0.1, 0.15) is 46.5 Å². The molecule has 3 nitrogen and oxygen atoms in total. The van der Waals surface area contributed by atoms with Crippen LogP contribution >= 0.6 is 0 Å².